The van der Waals surface area contributed by atoms with Crippen LogP contribution >= 0.6 is 20.7 Å². The minimum absolute atomic E-state index is 0.387. The molecule has 1 unspecified atom stereocenters. The number of hydrogen-bond donors (Lipinski definition) is 0. The monoisotopic (exact) mass is 207 g/mol. The van der Waals surface area contributed by atoms with Crippen LogP contribution in [0.15, 0.2) is 18.3 Å². The molecule has 0 radical (unpaired) electrons. The van der Waals surface area contributed by atoms with Gasteiger partial charge in [-0.3, -0.25) is 0 Å². The van der Waals surface area contributed by atoms with E-state index in [4.69, 9.17) is 11.6 Å². The molecule has 0 bridgehead atoms. The van der Waals surface area contributed by atoms with Gasteiger partial charge < -0.3 is 4.52 Å². The van der Waals surface area contributed by atoms with Gasteiger partial charge in [-0.1, -0.05) is 17.7 Å². The predicted octanol–water partition coefficient (Wildman–Crippen LogP) is 2.77. The zero-order chi connectivity index (χ0) is 8.81. The highest BCUT2D eigenvalue weighted by molar-refractivity contribution is 7.25. The molecule has 0 saturated carbocycles. The number of rotatable bonds is 4. The Bertz CT molecular complexity index is 231. The van der Waals surface area contributed by atoms with Crippen molar-refractivity contribution in [1.82, 2.24) is 4.98 Å². The average Bonchev–Trinajstić information content (AvgIpc) is 2.09. The number of nitrogens with zero attached hydrogens (tertiary/aromatic N) is 1. The second kappa shape index (κ2) is 5.41. The molecule has 0 aliphatic carbocycles. The first-order chi connectivity index (χ1) is 5.83. The van der Waals surface area contributed by atoms with Gasteiger partial charge in [0.2, 0.25) is 9.12 Å². The summed E-state index contributed by atoms with van der Waals surface area (Å²) in [6.45, 7) is 0.387. The summed E-state index contributed by atoms with van der Waals surface area (Å²) in [5.41, 5.74) is 0.998. The van der Waals surface area contributed by atoms with E-state index in [1.807, 2.05) is 6.07 Å². The Morgan fingerprint density at radius 3 is 3.00 bits per heavy atom. The summed E-state index contributed by atoms with van der Waals surface area (Å²) in [4.78, 5) is 3.88. The number of aromatic nitrogens is 1. The van der Waals surface area contributed by atoms with Crippen LogP contribution in [0.3, 0.4) is 0 Å². The van der Waals surface area contributed by atoms with E-state index in [2.05, 4.69) is 9.51 Å². The van der Waals surface area contributed by atoms with Crippen LogP contribution in [0.4, 0.5) is 4.20 Å². The first-order valence-electron chi connectivity index (χ1n) is 3.41. The lowest BCUT2D eigenvalue weighted by Crippen LogP contribution is -1.92. The van der Waals surface area contributed by atoms with Crippen LogP contribution in [-0.4, -0.2) is 11.6 Å². The molecule has 0 spiro atoms. The minimum atomic E-state index is -0.939. The van der Waals surface area contributed by atoms with E-state index in [1.54, 1.807) is 12.3 Å². The summed E-state index contributed by atoms with van der Waals surface area (Å²) in [5.74, 6) is 0. The fraction of sp³-hybridized carbons (Fsp3) is 0.286. The lowest BCUT2D eigenvalue weighted by atomic mass is 10.2. The topological polar surface area (TPSA) is 22.1 Å². The maximum atomic E-state index is 11.5. The molecule has 0 saturated heterocycles. The summed E-state index contributed by atoms with van der Waals surface area (Å²) in [5, 5.41) is 0.465. The first-order valence-corrected chi connectivity index (χ1v) is 4.57. The summed E-state index contributed by atoms with van der Waals surface area (Å²) in [6, 6.07) is 3.55. The fourth-order valence-corrected chi connectivity index (χ4v) is 1.05. The quantitative estimate of drug-likeness (QED) is 0.430. The van der Waals surface area contributed by atoms with E-state index in [-0.39, 0.29) is 0 Å². The molecule has 0 amide bonds. The Labute approximate surface area is 77.1 Å². The van der Waals surface area contributed by atoms with Gasteiger partial charge in [-0.25, -0.2) is 4.98 Å². The van der Waals surface area contributed by atoms with Crippen LogP contribution in [-0.2, 0) is 10.9 Å². The summed E-state index contributed by atoms with van der Waals surface area (Å²) < 4.78 is 16.1. The fourth-order valence-electron chi connectivity index (χ4n) is 0.762. The van der Waals surface area contributed by atoms with E-state index in [9.17, 15) is 4.20 Å². The van der Waals surface area contributed by atoms with Gasteiger partial charge >= 0.3 is 0 Å². The van der Waals surface area contributed by atoms with Crippen molar-refractivity contribution in [1.29, 1.82) is 0 Å². The van der Waals surface area contributed by atoms with Gasteiger partial charge in [-0.15, -0.1) is 0 Å². The van der Waals surface area contributed by atoms with Gasteiger partial charge in [0.15, 0.2) is 0 Å². The molecule has 12 heavy (non-hydrogen) atoms. The van der Waals surface area contributed by atoms with Crippen molar-refractivity contribution in [2.45, 2.75) is 6.42 Å². The van der Waals surface area contributed by atoms with Crippen LogP contribution in [0, 0.1) is 0 Å². The van der Waals surface area contributed by atoms with Gasteiger partial charge in [-0.05, 0) is 18.1 Å². The molecule has 1 aromatic rings. The van der Waals surface area contributed by atoms with Crippen molar-refractivity contribution in [3.8, 4) is 0 Å². The van der Waals surface area contributed by atoms with Crippen molar-refractivity contribution in [3.63, 3.8) is 0 Å². The summed E-state index contributed by atoms with van der Waals surface area (Å²) >= 11 is 5.57. The van der Waals surface area contributed by atoms with Gasteiger partial charge in [-0.2, -0.15) is 4.20 Å². The normalized spacial score (nSPS) is 11.2. The molecule has 5 heteroatoms. The van der Waals surface area contributed by atoms with Gasteiger partial charge in [0.1, 0.15) is 5.15 Å². The largest absolute Gasteiger partial charge is 0.332 e. The van der Waals surface area contributed by atoms with E-state index in [0.29, 0.717) is 18.2 Å². The van der Waals surface area contributed by atoms with Crippen LogP contribution in [0.25, 0.3) is 0 Å². The summed E-state index contributed by atoms with van der Waals surface area (Å²) in [7, 11) is -0.939. The molecule has 2 nitrogen and oxygen atoms in total. The standard InChI is InChI=1S/C7H8ClFNOP/c8-7-2-1-6(5-10-7)3-4-11-12-9/h1-2,5,12H,3-4H2. The number of pyridine rings is 1. The zero-order valence-electron chi connectivity index (χ0n) is 6.26. The number of hydrogen-bond acceptors (Lipinski definition) is 2. The van der Waals surface area contributed by atoms with E-state index in [1.165, 1.54) is 0 Å². The van der Waals surface area contributed by atoms with Crippen LogP contribution in [0.2, 0.25) is 5.15 Å². The SMILES string of the molecule is FPOCCc1ccc(Cl)nc1. The zero-order valence-corrected chi connectivity index (χ0v) is 8.01. The first kappa shape index (κ1) is 9.85. The lowest BCUT2D eigenvalue weighted by Gasteiger charge is -1.98. The Hall–Kier alpha value is -0.240. The molecule has 0 fully saturated rings. The Balaban J connectivity index is 2.37. The molecular weight excluding hydrogens is 200 g/mol. The molecule has 0 aromatic carbocycles. The minimum Gasteiger partial charge on any atom is -0.332 e. The van der Waals surface area contributed by atoms with Crippen LogP contribution in [0.5, 0.6) is 0 Å². The molecule has 0 aliphatic heterocycles. The average molecular weight is 208 g/mol. The molecule has 1 aromatic heterocycles. The molecule has 1 heterocycles. The molecule has 66 valence electrons. The van der Waals surface area contributed by atoms with Gasteiger partial charge in [0.25, 0.3) is 0 Å². The molecule has 0 N–H and O–H groups in total. The van der Waals surface area contributed by atoms with Crippen molar-refractivity contribution >= 4 is 20.7 Å². The van der Waals surface area contributed by atoms with Crippen LogP contribution in [0.1, 0.15) is 5.56 Å². The second-order valence-electron chi connectivity index (χ2n) is 2.16. The van der Waals surface area contributed by atoms with Crippen LogP contribution < -0.4 is 0 Å². The maximum absolute atomic E-state index is 11.5. The lowest BCUT2D eigenvalue weighted by molar-refractivity contribution is 0.350. The van der Waals surface area contributed by atoms with E-state index < -0.39 is 9.12 Å². The van der Waals surface area contributed by atoms with Crippen molar-refractivity contribution < 1.29 is 8.72 Å². The summed E-state index contributed by atoms with van der Waals surface area (Å²) in [6.07, 6.45) is 2.33. The van der Waals surface area contributed by atoms with Gasteiger partial charge in [0, 0.05) is 6.20 Å². The predicted molar refractivity (Wildman–Crippen MR) is 48.3 cm³/mol. The third-order valence-electron chi connectivity index (χ3n) is 1.34. The molecule has 1 atom stereocenters. The third-order valence-corrected chi connectivity index (χ3v) is 1.87. The Morgan fingerprint density at radius 2 is 2.42 bits per heavy atom. The molecular formula is C7H8ClFNOP. The van der Waals surface area contributed by atoms with Gasteiger partial charge in [0.05, 0.1) is 6.61 Å². The van der Waals surface area contributed by atoms with E-state index >= 15 is 0 Å². The smallest absolute Gasteiger partial charge is 0.205 e. The highest BCUT2D eigenvalue weighted by Crippen LogP contribution is 2.13. The van der Waals surface area contributed by atoms with E-state index in [0.717, 1.165) is 5.56 Å². The molecule has 0 aliphatic rings. The second-order valence-corrected chi connectivity index (χ2v) is 3.00. The van der Waals surface area contributed by atoms with Crippen molar-refractivity contribution in [2.75, 3.05) is 6.61 Å². The Morgan fingerprint density at radius 1 is 1.58 bits per heavy atom. The Kier molecular flexibility index (Phi) is 4.44. The van der Waals surface area contributed by atoms with Crippen molar-refractivity contribution in [2.24, 2.45) is 0 Å². The highest BCUT2D eigenvalue weighted by Gasteiger charge is 1.93. The molecule has 1 rings (SSSR count). The third kappa shape index (κ3) is 3.44. The maximum Gasteiger partial charge on any atom is 0.205 e. The van der Waals surface area contributed by atoms with Crippen molar-refractivity contribution in [3.05, 3.63) is 29.0 Å². The highest BCUT2D eigenvalue weighted by atomic mass is 35.5. The number of halogens is 2.